The van der Waals surface area contributed by atoms with E-state index in [4.69, 9.17) is 4.98 Å². The molecule has 0 radical (unpaired) electrons. The average molecular weight is 566 g/mol. The monoisotopic (exact) mass is 565 g/mol. The third-order valence-corrected chi connectivity index (χ3v) is 8.74. The molecule has 3 heterocycles. The van der Waals surface area contributed by atoms with Crippen LogP contribution in [0.3, 0.4) is 0 Å². The van der Waals surface area contributed by atoms with Crippen LogP contribution >= 0.6 is 0 Å². The number of alkyl halides is 6. The van der Waals surface area contributed by atoms with E-state index in [0.717, 1.165) is 24.6 Å². The van der Waals surface area contributed by atoms with E-state index in [-0.39, 0.29) is 17.6 Å². The Bertz CT molecular complexity index is 1280. The number of aromatic nitrogens is 1. The number of sulfonamides is 1. The maximum absolute atomic E-state index is 13.3. The van der Waals surface area contributed by atoms with Crippen LogP contribution < -0.4 is 0 Å². The van der Waals surface area contributed by atoms with Crippen LogP contribution in [0.2, 0.25) is 0 Å². The van der Waals surface area contributed by atoms with E-state index in [1.165, 1.54) is 13.2 Å². The van der Waals surface area contributed by atoms with Crippen molar-refractivity contribution in [3.63, 3.8) is 0 Å². The number of aliphatic hydroxyl groups is 1. The Hall–Kier alpha value is -2.22. The molecule has 1 N–H and O–H groups in total. The molecule has 2 atom stereocenters. The van der Waals surface area contributed by atoms with Gasteiger partial charge >= 0.3 is 12.4 Å². The highest BCUT2D eigenvalue weighted by molar-refractivity contribution is 7.88. The lowest BCUT2D eigenvalue weighted by Crippen LogP contribution is -2.55. The van der Waals surface area contributed by atoms with Crippen LogP contribution in [0.25, 0.3) is 11.1 Å². The Morgan fingerprint density at radius 1 is 0.974 bits per heavy atom. The number of rotatable bonds is 6. The number of pyridine rings is 1. The van der Waals surface area contributed by atoms with Gasteiger partial charge in [0.2, 0.25) is 10.0 Å². The van der Waals surface area contributed by atoms with Crippen molar-refractivity contribution in [2.75, 3.05) is 19.3 Å². The van der Waals surface area contributed by atoms with Gasteiger partial charge in [0.05, 0.1) is 11.9 Å². The number of hydrogen-bond donors (Lipinski definition) is 1. The molecule has 6 nitrogen and oxygen atoms in total. The SMILES string of the molecule is CCc1nc(CN2CC3CCC(C2)N3S(C)(=O)=O)ccc1-c1ccc(C(O)(C(F)(F)F)C(F)(F)F)cc1C. The number of halogens is 6. The first kappa shape index (κ1) is 28.8. The summed E-state index contributed by atoms with van der Waals surface area (Å²) in [7, 11) is -3.29. The van der Waals surface area contributed by atoms with Gasteiger partial charge in [0.15, 0.2) is 0 Å². The third kappa shape index (κ3) is 5.05. The second-order valence-electron chi connectivity index (χ2n) is 10.1. The molecule has 2 fully saturated rings. The zero-order valence-electron chi connectivity index (χ0n) is 21.1. The maximum atomic E-state index is 13.3. The van der Waals surface area contributed by atoms with Crippen LogP contribution in [0, 0.1) is 6.92 Å². The molecule has 2 aromatic rings. The number of fused-ring (bicyclic) bond motifs is 2. The molecule has 2 unspecified atom stereocenters. The van der Waals surface area contributed by atoms with Crippen molar-refractivity contribution in [3.8, 4) is 11.1 Å². The van der Waals surface area contributed by atoms with Gasteiger partial charge in [-0.25, -0.2) is 8.42 Å². The first-order valence-electron chi connectivity index (χ1n) is 12.1. The van der Waals surface area contributed by atoms with E-state index < -0.39 is 33.5 Å². The molecule has 0 amide bonds. The molecular formula is C25H29F6N3O3S. The minimum atomic E-state index is -5.96. The summed E-state index contributed by atoms with van der Waals surface area (Å²) in [5.74, 6) is 0. The highest BCUT2D eigenvalue weighted by Gasteiger charge is 2.71. The quantitative estimate of drug-likeness (QED) is 0.521. The largest absolute Gasteiger partial charge is 0.430 e. The van der Waals surface area contributed by atoms with E-state index in [1.54, 1.807) is 16.4 Å². The summed E-state index contributed by atoms with van der Waals surface area (Å²) in [6.45, 7) is 4.87. The first-order chi connectivity index (χ1) is 17.5. The molecule has 0 spiro atoms. The minimum Gasteiger partial charge on any atom is -0.369 e. The molecule has 2 saturated heterocycles. The summed E-state index contributed by atoms with van der Waals surface area (Å²) >= 11 is 0. The summed E-state index contributed by atoms with van der Waals surface area (Å²) in [5, 5.41) is 9.73. The normalized spacial score (nSPS) is 21.7. The number of hydrogen-bond acceptors (Lipinski definition) is 5. The Morgan fingerprint density at radius 3 is 2.00 bits per heavy atom. The number of likely N-dealkylation sites (tertiary alicyclic amines) is 1. The smallest absolute Gasteiger partial charge is 0.369 e. The average Bonchev–Trinajstić information content (AvgIpc) is 3.09. The van der Waals surface area contributed by atoms with Gasteiger partial charge in [0, 0.05) is 48.5 Å². The van der Waals surface area contributed by atoms with Crippen LogP contribution in [-0.4, -0.2) is 71.5 Å². The van der Waals surface area contributed by atoms with E-state index in [9.17, 15) is 39.9 Å². The van der Waals surface area contributed by atoms with E-state index >= 15 is 0 Å². The van der Waals surface area contributed by atoms with Gasteiger partial charge in [-0.3, -0.25) is 9.88 Å². The van der Waals surface area contributed by atoms with Crippen molar-refractivity contribution in [1.29, 1.82) is 0 Å². The molecule has 1 aromatic heterocycles. The molecule has 4 rings (SSSR count). The predicted octanol–water partition coefficient (Wildman–Crippen LogP) is 4.54. The van der Waals surface area contributed by atoms with E-state index in [0.29, 0.717) is 55.0 Å². The maximum Gasteiger partial charge on any atom is 0.430 e. The van der Waals surface area contributed by atoms with Crippen LogP contribution in [0.15, 0.2) is 30.3 Å². The van der Waals surface area contributed by atoms with Gasteiger partial charge in [-0.2, -0.15) is 30.6 Å². The first-order valence-corrected chi connectivity index (χ1v) is 14.0. The van der Waals surface area contributed by atoms with Crippen molar-refractivity contribution >= 4 is 10.0 Å². The van der Waals surface area contributed by atoms with Crippen molar-refractivity contribution in [2.45, 2.75) is 69.7 Å². The van der Waals surface area contributed by atoms with Gasteiger partial charge in [0.25, 0.3) is 5.60 Å². The lowest BCUT2D eigenvalue weighted by atomic mass is 9.88. The van der Waals surface area contributed by atoms with Gasteiger partial charge in [-0.05, 0) is 43.4 Å². The van der Waals surface area contributed by atoms with Crippen molar-refractivity contribution in [2.24, 2.45) is 0 Å². The standard InChI is InChI=1S/C25H29F6N3O3S/c1-4-22-21(20-9-5-16(11-15(20)2)23(35,24(26,27)28)25(29,30)31)10-6-17(32-22)12-33-13-18-7-8-19(14-33)34(18)38(3,36)37/h5-6,9-11,18-19,35H,4,7-8,12-14H2,1-3H3. The Morgan fingerprint density at radius 2 is 1.53 bits per heavy atom. The van der Waals surface area contributed by atoms with Crippen LogP contribution in [0.4, 0.5) is 26.3 Å². The summed E-state index contributed by atoms with van der Waals surface area (Å²) in [6, 6.07) is 5.83. The summed E-state index contributed by atoms with van der Waals surface area (Å²) in [6.07, 6.45) is -8.62. The van der Waals surface area contributed by atoms with Crippen molar-refractivity contribution in [3.05, 3.63) is 52.8 Å². The van der Waals surface area contributed by atoms with Crippen LogP contribution in [0.5, 0.6) is 0 Å². The van der Waals surface area contributed by atoms with Crippen LogP contribution in [0.1, 0.15) is 42.3 Å². The number of benzene rings is 1. The second-order valence-corrected chi connectivity index (χ2v) is 11.9. The van der Waals surface area contributed by atoms with Crippen molar-refractivity contribution in [1.82, 2.24) is 14.2 Å². The molecule has 0 aliphatic carbocycles. The Labute approximate surface area is 217 Å². The molecular weight excluding hydrogens is 536 g/mol. The van der Waals surface area contributed by atoms with Gasteiger partial charge in [-0.15, -0.1) is 0 Å². The third-order valence-electron chi connectivity index (χ3n) is 7.38. The zero-order valence-corrected chi connectivity index (χ0v) is 21.9. The molecule has 2 bridgehead atoms. The van der Waals surface area contributed by atoms with Gasteiger partial charge in [-0.1, -0.05) is 31.2 Å². The molecule has 2 aliphatic rings. The minimum absolute atomic E-state index is 0.0816. The fourth-order valence-electron chi connectivity index (χ4n) is 5.68. The Balaban J connectivity index is 1.59. The second kappa shape index (κ2) is 9.76. The van der Waals surface area contributed by atoms with Crippen molar-refractivity contribution < 1.29 is 39.9 Å². The molecule has 210 valence electrons. The molecule has 1 aromatic carbocycles. The van der Waals surface area contributed by atoms with Crippen LogP contribution in [-0.2, 0) is 28.6 Å². The summed E-state index contributed by atoms with van der Waals surface area (Å²) < 4.78 is 106. The van der Waals surface area contributed by atoms with E-state index in [2.05, 4.69) is 4.90 Å². The number of nitrogens with zero attached hydrogens (tertiary/aromatic N) is 3. The Kier molecular flexibility index (Phi) is 7.39. The van der Waals surface area contributed by atoms with E-state index in [1.807, 2.05) is 6.92 Å². The highest BCUT2D eigenvalue weighted by Crippen LogP contribution is 2.50. The fourth-order valence-corrected chi connectivity index (χ4v) is 7.11. The number of piperazine rings is 1. The lowest BCUT2D eigenvalue weighted by Gasteiger charge is -2.39. The summed E-state index contributed by atoms with van der Waals surface area (Å²) in [4.78, 5) is 6.86. The molecule has 38 heavy (non-hydrogen) atoms. The zero-order chi connectivity index (χ0) is 28.3. The number of aryl methyl sites for hydroxylation is 2. The van der Waals surface area contributed by atoms with Gasteiger partial charge in [0.1, 0.15) is 0 Å². The lowest BCUT2D eigenvalue weighted by molar-refractivity contribution is -0.376. The topological polar surface area (TPSA) is 73.7 Å². The highest BCUT2D eigenvalue weighted by atomic mass is 32.2. The fraction of sp³-hybridized carbons (Fsp3) is 0.560. The van der Waals surface area contributed by atoms with Gasteiger partial charge < -0.3 is 5.11 Å². The summed E-state index contributed by atoms with van der Waals surface area (Å²) in [5.41, 5.74) is -3.81. The predicted molar refractivity (Wildman–Crippen MR) is 129 cm³/mol. The molecule has 0 saturated carbocycles. The molecule has 13 heteroatoms. The molecule has 2 aliphatic heterocycles.